The van der Waals surface area contributed by atoms with Crippen LogP contribution in [0.1, 0.15) is 37.8 Å². The second-order valence-electron chi connectivity index (χ2n) is 11.1. The number of rotatable bonds is 10. The predicted octanol–water partition coefficient (Wildman–Crippen LogP) is 4.35. The number of aromatic amines is 1. The van der Waals surface area contributed by atoms with Crippen LogP contribution in [0.3, 0.4) is 0 Å². The summed E-state index contributed by atoms with van der Waals surface area (Å²) in [4.78, 5) is 46.1. The lowest BCUT2D eigenvalue weighted by Gasteiger charge is -2.39. The smallest absolute Gasteiger partial charge is 0.328 e. The Balaban J connectivity index is 1.24. The van der Waals surface area contributed by atoms with Gasteiger partial charge in [0.2, 0.25) is 5.91 Å². The molecule has 0 radical (unpaired) electrons. The van der Waals surface area contributed by atoms with Crippen LogP contribution in [0.5, 0.6) is 5.75 Å². The number of halogens is 1. The van der Waals surface area contributed by atoms with Gasteiger partial charge in [-0.2, -0.15) is 0 Å². The van der Waals surface area contributed by atoms with Crippen LogP contribution in [0.25, 0.3) is 10.9 Å². The molecule has 3 aromatic carbocycles. The van der Waals surface area contributed by atoms with Crippen molar-refractivity contribution < 1.29 is 13.9 Å². The third-order valence-corrected chi connectivity index (χ3v) is 7.76. The largest absolute Gasteiger partial charge is 0.491 e. The number of amides is 1. The maximum absolute atomic E-state index is 13.7. The summed E-state index contributed by atoms with van der Waals surface area (Å²) >= 11 is 0. The van der Waals surface area contributed by atoms with E-state index in [0.717, 1.165) is 42.8 Å². The predicted molar refractivity (Wildman–Crippen MR) is 161 cm³/mol. The molecule has 0 bridgehead atoms. The van der Waals surface area contributed by atoms with E-state index < -0.39 is 5.69 Å². The second kappa shape index (κ2) is 13.2. The molecule has 4 aromatic rings. The molecule has 1 aromatic heterocycles. The van der Waals surface area contributed by atoms with Crippen LogP contribution in [-0.2, 0) is 24.3 Å². The van der Waals surface area contributed by atoms with Crippen molar-refractivity contribution in [1.29, 1.82) is 0 Å². The third kappa shape index (κ3) is 7.15. The summed E-state index contributed by atoms with van der Waals surface area (Å²) in [5, 5.41) is 0.493. The molecule has 0 atom stereocenters. The minimum Gasteiger partial charge on any atom is -0.491 e. The average molecular weight is 573 g/mol. The van der Waals surface area contributed by atoms with Gasteiger partial charge in [-0.1, -0.05) is 36.4 Å². The number of ether oxygens (including phenoxy) is 1. The highest BCUT2D eigenvalue weighted by Gasteiger charge is 2.28. The first-order chi connectivity index (χ1) is 20.3. The lowest BCUT2D eigenvalue weighted by Crippen LogP contribution is -2.48. The van der Waals surface area contributed by atoms with Crippen molar-refractivity contribution in [3.8, 4) is 5.75 Å². The minimum atomic E-state index is -0.409. The number of carbonyl (C=O) groups excluding carboxylic acids is 1. The Morgan fingerprint density at radius 2 is 1.62 bits per heavy atom. The van der Waals surface area contributed by atoms with Crippen LogP contribution in [0, 0.1) is 5.82 Å². The van der Waals surface area contributed by atoms with E-state index in [9.17, 15) is 18.8 Å². The highest BCUT2D eigenvalue weighted by molar-refractivity contribution is 5.79. The Bertz CT molecular complexity index is 1620. The van der Waals surface area contributed by atoms with Gasteiger partial charge in [-0.3, -0.25) is 14.2 Å². The molecule has 2 heterocycles. The van der Waals surface area contributed by atoms with Gasteiger partial charge >= 0.3 is 5.69 Å². The van der Waals surface area contributed by atoms with Gasteiger partial charge in [0.1, 0.15) is 11.6 Å². The standard InChI is InChI=1S/C33H37FN4O4/c1-23(2)42-28-13-9-24(10-14-28)21-31(39)38(22-25-7-11-26(34)12-8-25)27-15-17-36(18-16-27)19-20-37-32(40)29-5-3-4-6-30(29)35-33(37)41/h3-14,23,27H,15-22H2,1-2H3,(H,35,41). The minimum absolute atomic E-state index is 0.0181. The zero-order valence-corrected chi connectivity index (χ0v) is 24.1. The molecule has 0 unspecified atom stereocenters. The molecule has 0 spiro atoms. The lowest BCUT2D eigenvalue weighted by atomic mass is 10.0. The van der Waals surface area contributed by atoms with Crippen molar-refractivity contribution >= 4 is 16.8 Å². The van der Waals surface area contributed by atoms with Crippen LogP contribution in [0.2, 0.25) is 0 Å². The molecule has 1 aliphatic rings. The van der Waals surface area contributed by atoms with Gasteiger partial charge in [0.15, 0.2) is 0 Å². The van der Waals surface area contributed by atoms with E-state index in [2.05, 4.69) is 9.88 Å². The quantitative estimate of drug-likeness (QED) is 0.305. The number of hydrogen-bond acceptors (Lipinski definition) is 5. The van der Waals surface area contributed by atoms with Crippen molar-refractivity contribution in [2.75, 3.05) is 19.6 Å². The fourth-order valence-corrected chi connectivity index (χ4v) is 5.54. The first-order valence-corrected chi connectivity index (χ1v) is 14.5. The fraction of sp³-hybridized carbons (Fsp3) is 0.364. The van der Waals surface area contributed by atoms with E-state index in [1.807, 2.05) is 43.0 Å². The Labute approximate surface area is 244 Å². The Morgan fingerprint density at radius 3 is 2.31 bits per heavy atom. The Kier molecular flexibility index (Phi) is 9.17. The summed E-state index contributed by atoms with van der Waals surface area (Å²) < 4.78 is 20.5. The van der Waals surface area contributed by atoms with E-state index >= 15 is 0 Å². The SMILES string of the molecule is CC(C)Oc1ccc(CC(=O)N(Cc2ccc(F)cc2)C2CCN(CCn3c(=O)[nH]c4ccccc4c3=O)CC2)cc1. The van der Waals surface area contributed by atoms with Gasteiger partial charge in [-0.15, -0.1) is 0 Å². The van der Waals surface area contributed by atoms with Crippen LogP contribution < -0.4 is 16.0 Å². The molecule has 0 aliphatic carbocycles. The Morgan fingerprint density at radius 1 is 0.952 bits per heavy atom. The summed E-state index contributed by atoms with van der Waals surface area (Å²) in [6.07, 6.45) is 1.86. The summed E-state index contributed by atoms with van der Waals surface area (Å²) in [6.45, 7) is 6.67. The summed E-state index contributed by atoms with van der Waals surface area (Å²) in [5.74, 6) is 0.479. The number of hydrogen-bond donors (Lipinski definition) is 1. The monoisotopic (exact) mass is 572 g/mol. The number of H-pyrrole nitrogens is 1. The molecule has 1 saturated heterocycles. The average Bonchev–Trinajstić information content (AvgIpc) is 2.98. The molecule has 5 rings (SSSR count). The topological polar surface area (TPSA) is 87.6 Å². The number of nitrogens with zero attached hydrogens (tertiary/aromatic N) is 3. The molecule has 0 saturated carbocycles. The maximum atomic E-state index is 13.7. The zero-order chi connectivity index (χ0) is 29.6. The molecule has 220 valence electrons. The van der Waals surface area contributed by atoms with Crippen LogP contribution in [0.4, 0.5) is 4.39 Å². The first kappa shape index (κ1) is 29.3. The normalized spacial score (nSPS) is 14.4. The molecule has 8 nitrogen and oxygen atoms in total. The van der Waals surface area contributed by atoms with Gasteiger partial charge in [-0.25, -0.2) is 9.18 Å². The van der Waals surface area contributed by atoms with Gasteiger partial charge in [0.05, 0.1) is 23.4 Å². The molecule has 42 heavy (non-hydrogen) atoms. The summed E-state index contributed by atoms with van der Waals surface area (Å²) in [7, 11) is 0. The third-order valence-electron chi connectivity index (χ3n) is 7.76. The van der Waals surface area contributed by atoms with Crippen LogP contribution in [-0.4, -0.2) is 57.0 Å². The van der Waals surface area contributed by atoms with Gasteiger partial charge in [0, 0.05) is 38.8 Å². The van der Waals surface area contributed by atoms with E-state index in [-0.39, 0.29) is 35.9 Å². The maximum Gasteiger partial charge on any atom is 0.328 e. The molecular formula is C33H37FN4O4. The molecular weight excluding hydrogens is 535 g/mol. The van der Waals surface area contributed by atoms with Crippen molar-refractivity contribution in [1.82, 2.24) is 19.4 Å². The van der Waals surface area contributed by atoms with Crippen molar-refractivity contribution in [2.24, 2.45) is 0 Å². The van der Waals surface area contributed by atoms with Gasteiger partial charge in [0.25, 0.3) is 5.56 Å². The van der Waals surface area contributed by atoms with Crippen LogP contribution >= 0.6 is 0 Å². The number of nitrogens with one attached hydrogen (secondary N) is 1. The number of piperidine rings is 1. The molecule has 1 aliphatic heterocycles. The number of para-hydroxylation sites is 1. The van der Waals surface area contributed by atoms with E-state index in [1.54, 1.807) is 36.4 Å². The van der Waals surface area contributed by atoms with Gasteiger partial charge < -0.3 is 19.5 Å². The number of carbonyl (C=O) groups is 1. The number of aromatic nitrogens is 2. The highest BCUT2D eigenvalue weighted by atomic mass is 19.1. The molecule has 1 amide bonds. The molecule has 1 N–H and O–H groups in total. The first-order valence-electron chi connectivity index (χ1n) is 14.5. The van der Waals surface area contributed by atoms with Crippen molar-refractivity contribution in [2.45, 2.75) is 58.3 Å². The number of likely N-dealkylation sites (tertiary alicyclic amines) is 1. The number of fused-ring (bicyclic) bond motifs is 1. The molecule has 9 heteroatoms. The zero-order valence-electron chi connectivity index (χ0n) is 24.1. The van der Waals surface area contributed by atoms with Crippen molar-refractivity contribution in [3.63, 3.8) is 0 Å². The van der Waals surface area contributed by atoms with Crippen LogP contribution in [0.15, 0.2) is 82.4 Å². The van der Waals surface area contributed by atoms with E-state index in [4.69, 9.17) is 4.74 Å². The second-order valence-corrected chi connectivity index (χ2v) is 11.1. The highest BCUT2D eigenvalue weighted by Crippen LogP contribution is 2.22. The number of benzene rings is 3. The Hall–Kier alpha value is -4.24. The van der Waals surface area contributed by atoms with Gasteiger partial charge in [-0.05, 0) is 74.2 Å². The lowest BCUT2D eigenvalue weighted by molar-refractivity contribution is -0.134. The summed E-state index contributed by atoms with van der Waals surface area (Å²) in [6, 6.07) is 20.9. The molecule has 1 fully saturated rings. The van der Waals surface area contributed by atoms with Crippen molar-refractivity contribution in [3.05, 3.63) is 111 Å². The summed E-state index contributed by atoms with van der Waals surface area (Å²) in [5.41, 5.74) is 1.62. The van der Waals surface area contributed by atoms with E-state index in [0.29, 0.717) is 30.5 Å². The van der Waals surface area contributed by atoms with E-state index in [1.165, 1.54) is 16.7 Å². The fourth-order valence-electron chi connectivity index (χ4n) is 5.54.